The van der Waals surface area contributed by atoms with Crippen molar-refractivity contribution < 1.29 is 22.8 Å². The van der Waals surface area contributed by atoms with E-state index in [1.165, 1.54) is 18.4 Å². The first kappa shape index (κ1) is 21.3. The summed E-state index contributed by atoms with van der Waals surface area (Å²) in [5, 5.41) is 5.82. The summed E-state index contributed by atoms with van der Waals surface area (Å²) in [5.74, 6) is -0.253. The fourth-order valence-corrected chi connectivity index (χ4v) is 4.35. The first-order valence-corrected chi connectivity index (χ1v) is 10.8. The van der Waals surface area contributed by atoms with Crippen LogP contribution in [0.25, 0.3) is 11.3 Å². The van der Waals surface area contributed by atoms with E-state index in [-0.39, 0.29) is 30.0 Å². The highest BCUT2D eigenvalue weighted by molar-refractivity contribution is 5.95. The normalized spacial score (nSPS) is 18.6. The van der Waals surface area contributed by atoms with E-state index in [2.05, 4.69) is 15.6 Å². The van der Waals surface area contributed by atoms with Gasteiger partial charge in [0, 0.05) is 49.9 Å². The van der Waals surface area contributed by atoms with Crippen LogP contribution in [0.2, 0.25) is 0 Å². The van der Waals surface area contributed by atoms with Gasteiger partial charge in [0.25, 0.3) is 5.91 Å². The summed E-state index contributed by atoms with van der Waals surface area (Å²) < 4.78 is 34.8. The number of aromatic nitrogens is 2. The van der Waals surface area contributed by atoms with Crippen molar-refractivity contribution in [1.29, 1.82) is 0 Å². The topological polar surface area (TPSA) is 92.4 Å². The molecule has 2 aliphatic rings. The van der Waals surface area contributed by atoms with E-state index in [0.717, 1.165) is 11.9 Å². The smallest absolute Gasteiger partial charge is 0.255 e. The predicted octanol–water partition coefficient (Wildman–Crippen LogP) is 2.10. The van der Waals surface area contributed by atoms with E-state index in [1.807, 2.05) is 9.47 Å². The molecule has 33 heavy (non-hydrogen) atoms. The summed E-state index contributed by atoms with van der Waals surface area (Å²) in [7, 11) is 0. The Labute approximate surface area is 188 Å². The quantitative estimate of drug-likeness (QED) is 0.615. The van der Waals surface area contributed by atoms with Crippen LogP contribution in [0.15, 0.2) is 41.1 Å². The number of fused-ring (bicyclic) bond motifs is 1. The van der Waals surface area contributed by atoms with Crippen LogP contribution in [-0.2, 0) is 24.3 Å². The van der Waals surface area contributed by atoms with E-state index >= 15 is 0 Å². The number of carbonyl (C=O) groups is 2. The van der Waals surface area contributed by atoms with Crippen LogP contribution >= 0.6 is 0 Å². The average molecular weight is 455 g/mol. The Bertz CT molecular complexity index is 1200. The zero-order valence-electron chi connectivity index (χ0n) is 17.8. The highest BCUT2D eigenvalue weighted by atomic mass is 19.1. The number of nitrogens with zero attached hydrogens (tertiary/aromatic N) is 3. The van der Waals surface area contributed by atoms with Crippen LogP contribution in [0.5, 0.6) is 0 Å². The number of halogens is 2. The Hall–Kier alpha value is -3.53. The Kier molecular flexibility index (Phi) is 5.67. The maximum Gasteiger partial charge on any atom is 0.255 e. The number of hydrogen-bond acceptors (Lipinski definition) is 5. The number of amides is 2. The molecule has 1 unspecified atom stereocenters. The highest BCUT2D eigenvalue weighted by Gasteiger charge is 2.26. The molecule has 2 N–H and O–H groups in total. The van der Waals surface area contributed by atoms with Crippen molar-refractivity contribution >= 4 is 11.8 Å². The maximum absolute atomic E-state index is 14.2. The van der Waals surface area contributed by atoms with Crippen molar-refractivity contribution in [2.45, 2.75) is 32.0 Å². The molecule has 8 nitrogen and oxygen atoms in total. The number of imidazole rings is 1. The van der Waals surface area contributed by atoms with Crippen molar-refractivity contribution in [2.75, 3.05) is 19.6 Å². The largest absolute Gasteiger partial charge is 0.467 e. The van der Waals surface area contributed by atoms with Gasteiger partial charge in [-0.15, -0.1) is 0 Å². The van der Waals surface area contributed by atoms with Gasteiger partial charge in [0.05, 0.1) is 30.6 Å². The van der Waals surface area contributed by atoms with Crippen LogP contribution in [0.3, 0.4) is 0 Å². The molecule has 4 heterocycles. The van der Waals surface area contributed by atoms with Crippen LogP contribution in [0, 0.1) is 11.6 Å². The number of nitrogens with one attached hydrogen (secondary N) is 2. The molecule has 0 radical (unpaired) electrons. The van der Waals surface area contributed by atoms with E-state index in [0.29, 0.717) is 56.0 Å². The van der Waals surface area contributed by atoms with Crippen LogP contribution in [-0.4, -0.2) is 51.9 Å². The van der Waals surface area contributed by atoms with Gasteiger partial charge in [-0.1, -0.05) is 0 Å². The molecule has 2 amide bonds. The maximum atomic E-state index is 14.2. The first-order valence-electron chi connectivity index (χ1n) is 10.8. The third-order valence-electron chi connectivity index (χ3n) is 6.01. The fourth-order valence-electron chi connectivity index (χ4n) is 4.35. The molecule has 0 spiro atoms. The summed E-state index contributed by atoms with van der Waals surface area (Å²) in [6.07, 6.45) is 4.52. The summed E-state index contributed by atoms with van der Waals surface area (Å²) in [4.78, 5) is 31.0. The molecule has 1 atom stereocenters. The highest BCUT2D eigenvalue weighted by Crippen LogP contribution is 2.26. The lowest BCUT2D eigenvalue weighted by molar-refractivity contribution is -0.124. The van der Waals surface area contributed by atoms with Crippen molar-refractivity contribution in [1.82, 2.24) is 25.1 Å². The second-order valence-corrected chi connectivity index (χ2v) is 8.35. The minimum absolute atomic E-state index is 0.0444. The molecule has 3 aromatic rings. The number of aryl methyl sites for hydroxylation is 1. The zero-order chi connectivity index (χ0) is 22.9. The molecule has 1 fully saturated rings. The van der Waals surface area contributed by atoms with Crippen LogP contribution in [0.4, 0.5) is 8.78 Å². The SMILES string of the molecule is O=C1CN(Cc2occc2C(=O)NC2CCc3nc(-c4ccc(F)cc4F)cn3C2)CCN1. The van der Waals surface area contributed by atoms with Gasteiger partial charge in [-0.3, -0.25) is 14.5 Å². The molecular weight excluding hydrogens is 432 g/mol. The van der Waals surface area contributed by atoms with Gasteiger partial charge in [0.2, 0.25) is 5.91 Å². The predicted molar refractivity (Wildman–Crippen MR) is 114 cm³/mol. The van der Waals surface area contributed by atoms with Crippen molar-refractivity contribution in [3.63, 3.8) is 0 Å². The molecule has 0 bridgehead atoms. The Morgan fingerprint density at radius 3 is 3.00 bits per heavy atom. The van der Waals surface area contributed by atoms with Gasteiger partial charge in [-0.2, -0.15) is 0 Å². The average Bonchev–Trinajstić information content (AvgIpc) is 3.40. The van der Waals surface area contributed by atoms with Gasteiger partial charge in [0.15, 0.2) is 0 Å². The second-order valence-electron chi connectivity index (χ2n) is 8.35. The number of rotatable bonds is 5. The molecule has 10 heteroatoms. The summed E-state index contributed by atoms with van der Waals surface area (Å²) in [6, 6.07) is 4.93. The number of piperazine rings is 1. The zero-order valence-corrected chi connectivity index (χ0v) is 17.8. The summed E-state index contributed by atoms with van der Waals surface area (Å²) in [5.41, 5.74) is 1.14. The lowest BCUT2D eigenvalue weighted by Gasteiger charge is -2.26. The number of carbonyl (C=O) groups excluding carboxylic acids is 2. The van der Waals surface area contributed by atoms with Gasteiger partial charge >= 0.3 is 0 Å². The van der Waals surface area contributed by atoms with Gasteiger partial charge in [-0.25, -0.2) is 13.8 Å². The minimum atomic E-state index is -0.658. The Morgan fingerprint density at radius 1 is 1.30 bits per heavy atom. The van der Waals surface area contributed by atoms with E-state index < -0.39 is 11.6 Å². The van der Waals surface area contributed by atoms with Crippen molar-refractivity contribution in [3.8, 4) is 11.3 Å². The Balaban J connectivity index is 1.25. The molecule has 5 rings (SSSR count). The standard InChI is InChI=1S/C23H23F2N5O3/c24-14-1-3-16(18(25)9-14)19-11-30-10-15(2-4-21(30)28-19)27-23(32)17-5-8-33-20(17)12-29-7-6-26-22(31)13-29/h1,3,5,8-9,11,15H,2,4,6-7,10,12-13H2,(H,26,31)(H,27,32). The minimum Gasteiger partial charge on any atom is -0.467 e. The lowest BCUT2D eigenvalue weighted by atomic mass is 10.1. The monoisotopic (exact) mass is 455 g/mol. The van der Waals surface area contributed by atoms with E-state index in [1.54, 1.807) is 12.3 Å². The number of furan rings is 1. The van der Waals surface area contributed by atoms with Gasteiger partial charge < -0.3 is 19.6 Å². The molecule has 1 saturated heterocycles. The van der Waals surface area contributed by atoms with Crippen LogP contribution < -0.4 is 10.6 Å². The molecule has 172 valence electrons. The van der Waals surface area contributed by atoms with E-state index in [9.17, 15) is 18.4 Å². The fraction of sp³-hybridized carbons (Fsp3) is 0.348. The Morgan fingerprint density at radius 2 is 2.18 bits per heavy atom. The summed E-state index contributed by atoms with van der Waals surface area (Å²) in [6.45, 7) is 2.41. The molecule has 2 aromatic heterocycles. The third-order valence-corrected chi connectivity index (χ3v) is 6.01. The number of benzene rings is 1. The first-order chi connectivity index (χ1) is 16.0. The number of hydrogen-bond donors (Lipinski definition) is 2. The molecule has 0 aliphatic carbocycles. The second kappa shape index (κ2) is 8.78. The molecule has 1 aromatic carbocycles. The van der Waals surface area contributed by atoms with Crippen LogP contribution in [0.1, 0.15) is 28.4 Å². The van der Waals surface area contributed by atoms with Gasteiger partial charge in [0.1, 0.15) is 23.2 Å². The third kappa shape index (κ3) is 4.51. The molecule has 0 saturated carbocycles. The summed E-state index contributed by atoms with van der Waals surface area (Å²) >= 11 is 0. The van der Waals surface area contributed by atoms with Crippen molar-refractivity contribution in [3.05, 3.63) is 65.5 Å². The van der Waals surface area contributed by atoms with Crippen molar-refractivity contribution in [2.24, 2.45) is 0 Å². The van der Waals surface area contributed by atoms with E-state index in [4.69, 9.17) is 4.42 Å². The molecular formula is C23H23F2N5O3. The lowest BCUT2D eigenvalue weighted by Crippen LogP contribution is -2.47. The molecule has 2 aliphatic heterocycles. The van der Waals surface area contributed by atoms with Gasteiger partial charge in [-0.05, 0) is 24.6 Å².